The summed E-state index contributed by atoms with van der Waals surface area (Å²) < 4.78 is 13.7. The van der Waals surface area contributed by atoms with Gasteiger partial charge < -0.3 is 20.0 Å². The molecule has 2 fully saturated rings. The smallest absolute Gasteiger partial charge is 0.171 e. The van der Waals surface area contributed by atoms with Crippen LogP contribution >= 0.6 is 11.9 Å². The van der Waals surface area contributed by atoms with E-state index >= 15 is 0 Å². The largest absolute Gasteiger partial charge is 0.393 e. The zero-order valence-electron chi connectivity index (χ0n) is 8.96. The number of nitrogens with one attached hydrogen (secondary N) is 1. The average Bonchev–Trinajstić information content (AvgIpc) is 2.93. The maximum absolute atomic E-state index is 9.48. The fourth-order valence-electron chi connectivity index (χ4n) is 2.34. The van der Waals surface area contributed by atoms with Gasteiger partial charge in [0.05, 0.1) is 12.7 Å². The molecule has 1 atom stereocenters. The van der Waals surface area contributed by atoms with Gasteiger partial charge >= 0.3 is 0 Å². The minimum absolute atomic E-state index is 0.0461. The van der Waals surface area contributed by atoms with Crippen LogP contribution in [-0.2, 0) is 9.47 Å². The number of aliphatic hydroxyl groups excluding tert-OH is 1. The molecule has 3 rings (SSSR count). The Morgan fingerprint density at radius 3 is 2.94 bits per heavy atom. The molecule has 0 aromatic carbocycles. The van der Waals surface area contributed by atoms with Crippen molar-refractivity contribution in [3.05, 3.63) is 11.6 Å². The van der Waals surface area contributed by atoms with Crippen molar-refractivity contribution in [1.82, 2.24) is 9.84 Å². The van der Waals surface area contributed by atoms with Crippen molar-refractivity contribution in [1.29, 1.82) is 0 Å². The molecule has 6 heteroatoms. The molecule has 0 bridgehead atoms. The molecule has 2 aliphatic heterocycles. The lowest BCUT2D eigenvalue weighted by Gasteiger charge is -2.34. The molecule has 1 spiro atoms. The van der Waals surface area contributed by atoms with Crippen molar-refractivity contribution >= 4 is 11.9 Å². The van der Waals surface area contributed by atoms with Gasteiger partial charge in [-0.1, -0.05) is 0 Å². The highest BCUT2D eigenvalue weighted by molar-refractivity contribution is 8.00. The van der Waals surface area contributed by atoms with E-state index in [0.717, 1.165) is 25.7 Å². The van der Waals surface area contributed by atoms with E-state index < -0.39 is 5.79 Å². The summed E-state index contributed by atoms with van der Waals surface area (Å²) in [6.45, 7) is 0.581. The monoisotopic (exact) mass is 244 g/mol. The van der Waals surface area contributed by atoms with Crippen molar-refractivity contribution in [3.63, 3.8) is 0 Å². The van der Waals surface area contributed by atoms with Crippen LogP contribution in [0.25, 0.3) is 0 Å². The molecule has 2 N–H and O–H groups in total. The SMILES string of the molecule is OC1CCC2(CC1)OCC(N1NC=CS1)O2. The van der Waals surface area contributed by atoms with Crippen LogP contribution in [0.1, 0.15) is 25.7 Å². The number of ether oxygens (including phenoxy) is 2. The molecule has 0 amide bonds. The third-order valence-electron chi connectivity index (χ3n) is 3.26. The zero-order valence-corrected chi connectivity index (χ0v) is 9.78. The summed E-state index contributed by atoms with van der Waals surface area (Å²) in [5, 5.41) is 11.5. The topological polar surface area (TPSA) is 54.0 Å². The molecule has 5 nitrogen and oxygen atoms in total. The van der Waals surface area contributed by atoms with Crippen molar-refractivity contribution < 1.29 is 14.6 Å². The van der Waals surface area contributed by atoms with Gasteiger partial charge in [-0.2, -0.15) is 0 Å². The predicted octanol–water partition coefficient (Wildman–Crippen LogP) is 0.930. The number of nitrogens with zero attached hydrogens (tertiary/aromatic N) is 1. The highest BCUT2D eigenvalue weighted by Gasteiger charge is 2.46. The first kappa shape index (κ1) is 10.9. The van der Waals surface area contributed by atoms with Crippen LogP contribution in [-0.4, -0.2) is 34.2 Å². The van der Waals surface area contributed by atoms with Crippen molar-refractivity contribution in [2.24, 2.45) is 0 Å². The molecule has 90 valence electrons. The van der Waals surface area contributed by atoms with E-state index in [4.69, 9.17) is 9.47 Å². The van der Waals surface area contributed by atoms with E-state index in [-0.39, 0.29) is 12.3 Å². The number of rotatable bonds is 1. The second-order valence-corrected chi connectivity index (χ2v) is 5.26. The molecular weight excluding hydrogens is 228 g/mol. The Labute approximate surface area is 98.9 Å². The number of hydrazine groups is 1. The average molecular weight is 244 g/mol. The van der Waals surface area contributed by atoms with Crippen LogP contribution in [0.5, 0.6) is 0 Å². The van der Waals surface area contributed by atoms with Gasteiger partial charge in [0.15, 0.2) is 12.0 Å². The van der Waals surface area contributed by atoms with Gasteiger partial charge in [-0.25, -0.2) is 0 Å². The minimum Gasteiger partial charge on any atom is -0.393 e. The molecule has 1 aliphatic carbocycles. The van der Waals surface area contributed by atoms with E-state index in [0.29, 0.717) is 6.61 Å². The lowest BCUT2D eigenvalue weighted by Crippen LogP contribution is -2.41. The first-order valence-corrected chi connectivity index (χ1v) is 6.48. The van der Waals surface area contributed by atoms with Gasteiger partial charge in [0.1, 0.15) is 0 Å². The Hall–Kier alpha value is -0.270. The molecule has 16 heavy (non-hydrogen) atoms. The Balaban J connectivity index is 1.59. The highest BCUT2D eigenvalue weighted by atomic mass is 32.2. The molecule has 1 saturated heterocycles. The van der Waals surface area contributed by atoms with Crippen LogP contribution in [0, 0.1) is 0 Å². The van der Waals surface area contributed by atoms with Crippen molar-refractivity contribution in [2.75, 3.05) is 6.61 Å². The van der Waals surface area contributed by atoms with E-state index in [1.807, 2.05) is 16.0 Å². The third-order valence-corrected chi connectivity index (χ3v) is 4.09. The number of hydrogen-bond acceptors (Lipinski definition) is 6. The second kappa shape index (κ2) is 4.19. The normalized spacial score (nSPS) is 44.1. The van der Waals surface area contributed by atoms with E-state index in [1.54, 1.807) is 11.9 Å². The fourth-order valence-corrected chi connectivity index (χ4v) is 2.95. The van der Waals surface area contributed by atoms with Crippen LogP contribution in [0.2, 0.25) is 0 Å². The minimum atomic E-state index is -0.450. The Bertz CT molecular complexity index is 284. The summed E-state index contributed by atoms with van der Waals surface area (Å²) in [7, 11) is 0. The third kappa shape index (κ3) is 1.96. The first-order chi connectivity index (χ1) is 7.77. The van der Waals surface area contributed by atoms with E-state index in [1.165, 1.54) is 0 Å². The molecule has 0 aromatic rings. The summed E-state index contributed by atoms with van der Waals surface area (Å²) in [4.78, 5) is 0. The van der Waals surface area contributed by atoms with Gasteiger partial charge in [-0.05, 0) is 24.8 Å². The first-order valence-electron chi connectivity index (χ1n) is 5.64. The second-order valence-electron chi connectivity index (χ2n) is 4.39. The van der Waals surface area contributed by atoms with Crippen LogP contribution in [0.4, 0.5) is 0 Å². The predicted molar refractivity (Wildman–Crippen MR) is 59.7 cm³/mol. The Morgan fingerprint density at radius 2 is 2.25 bits per heavy atom. The maximum atomic E-state index is 9.48. The standard InChI is InChI=1S/C10H16N2O3S/c13-8-1-3-10(4-2-8)14-7-9(15-10)12-11-5-6-16-12/h5-6,8-9,11,13H,1-4,7H2. The van der Waals surface area contributed by atoms with Gasteiger partial charge in [-0.15, -0.1) is 4.41 Å². The summed E-state index contributed by atoms with van der Waals surface area (Å²) in [5.74, 6) is -0.450. The van der Waals surface area contributed by atoms with Crippen molar-refractivity contribution in [3.8, 4) is 0 Å². The Morgan fingerprint density at radius 1 is 1.44 bits per heavy atom. The quantitative estimate of drug-likeness (QED) is 0.669. The summed E-state index contributed by atoms with van der Waals surface area (Å²) in [5.41, 5.74) is 3.09. The zero-order chi connectivity index (χ0) is 11.0. The summed E-state index contributed by atoms with van der Waals surface area (Å²) in [6, 6.07) is 0. The van der Waals surface area contributed by atoms with Gasteiger partial charge in [0.2, 0.25) is 0 Å². The Kier molecular flexibility index (Phi) is 2.85. The number of hydrogen-bond donors (Lipinski definition) is 2. The molecular formula is C10H16N2O3S. The fraction of sp³-hybridized carbons (Fsp3) is 0.800. The molecule has 1 saturated carbocycles. The van der Waals surface area contributed by atoms with Gasteiger partial charge in [0.25, 0.3) is 0 Å². The molecule has 2 heterocycles. The lowest BCUT2D eigenvalue weighted by molar-refractivity contribution is -0.206. The van der Waals surface area contributed by atoms with Crippen LogP contribution < -0.4 is 5.43 Å². The molecule has 3 aliphatic rings. The maximum Gasteiger partial charge on any atom is 0.171 e. The van der Waals surface area contributed by atoms with Crippen LogP contribution in [0.15, 0.2) is 11.6 Å². The van der Waals surface area contributed by atoms with E-state index in [9.17, 15) is 5.11 Å². The highest BCUT2D eigenvalue weighted by Crippen LogP contribution is 2.39. The van der Waals surface area contributed by atoms with Gasteiger partial charge in [0, 0.05) is 24.4 Å². The number of aliphatic hydroxyl groups is 1. The van der Waals surface area contributed by atoms with Crippen molar-refractivity contribution in [2.45, 2.75) is 43.8 Å². The summed E-state index contributed by atoms with van der Waals surface area (Å²) >= 11 is 1.57. The molecule has 0 radical (unpaired) electrons. The molecule has 0 aromatic heterocycles. The molecule has 1 unspecified atom stereocenters. The lowest BCUT2D eigenvalue weighted by atomic mass is 9.92. The van der Waals surface area contributed by atoms with Gasteiger partial charge in [-0.3, -0.25) is 0 Å². The van der Waals surface area contributed by atoms with Crippen LogP contribution in [0.3, 0.4) is 0 Å². The summed E-state index contributed by atoms with van der Waals surface area (Å²) in [6.07, 6.45) is 4.77. The van der Waals surface area contributed by atoms with E-state index in [2.05, 4.69) is 5.43 Å².